The fraction of sp³-hybridized carbons (Fsp3) is 0.889. The van der Waals surface area contributed by atoms with Gasteiger partial charge in [-0.1, -0.05) is 40.9 Å². The maximum absolute atomic E-state index is 6.87. The van der Waals surface area contributed by atoms with Crippen LogP contribution in [0.1, 0.15) is 106 Å². The van der Waals surface area contributed by atoms with E-state index in [2.05, 4.69) is 40.9 Å². The molecule has 8 heteroatoms. The summed E-state index contributed by atoms with van der Waals surface area (Å²) in [5.74, 6) is 1.47. The van der Waals surface area contributed by atoms with Crippen LogP contribution in [0.4, 0.5) is 0 Å². The van der Waals surface area contributed by atoms with E-state index in [0.29, 0.717) is 48.3 Å². The van der Waals surface area contributed by atoms with Crippen molar-refractivity contribution in [3.63, 3.8) is 0 Å². The Morgan fingerprint density at radius 1 is 0.568 bits per heavy atom. The van der Waals surface area contributed by atoms with E-state index in [9.17, 15) is 0 Å². The van der Waals surface area contributed by atoms with Crippen LogP contribution in [0.15, 0.2) is 24.3 Å². The Morgan fingerprint density at radius 3 is 1.39 bits per heavy atom. The number of ether oxygens (including phenoxy) is 4. The zero-order valence-electron chi connectivity index (χ0n) is 27.7. The van der Waals surface area contributed by atoms with Crippen molar-refractivity contribution >= 4 is 0 Å². The molecular weight excluding hydrogens is 560 g/mol. The number of hydrogen-bond acceptors (Lipinski definition) is 8. The maximum Gasteiger partial charge on any atom is 0.201 e. The molecule has 0 amide bonds. The highest BCUT2D eigenvalue weighted by atomic mass is 17.3. The highest BCUT2D eigenvalue weighted by Crippen LogP contribution is 2.62. The van der Waals surface area contributed by atoms with Crippen molar-refractivity contribution < 1.29 is 38.5 Å². The summed E-state index contributed by atoms with van der Waals surface area (Å²) in [5, 5.41) is 0. The molecule has 8 heterocycles. The van der Waals surface area contributed by atoms with E-state index in [4.69, 9.17) is 38.5 Å². The predicted molar refractivity (Wildman–Crippen MR) is 161 cm³/mol. The van der Waals surface area contributed by atoms with Crippen LogP contribution in [0.2, 0.25) is 0 Å². The Balaban J connectivity index is 0.984. The standard InChI is InChI=1S/C36H54O8/c1-19-9-11-27-23(5)29(37-31-35(27)25(19)13-15-33(7,39-31)41-43-35)17-21(3)22(4)18-30-24(6)28-12-10-20(2)26-14-16-34(8)40-32(38-30)36(26,28)44-42-34/h19-20,23-32H,3-4,9-18H2,1-2,5-8H3/t19-,20-,23-,24-,25+,26+,27+,28+,29-,30-,31-,32-,33+,34+,35-,36-/m1/s1. The van der Waals surface area contributed by atoms with Gasteiger partial charge in [-0.15, -0.1) is 0 Å². The minimum Gasteiger partial charge on any atom is -0.346 e. The molecule has 0 aromatic carbocycles. The van der Waals surface area contributed by atoms with Gasteiger partial charge in [-0.25, -0.2) is 19.6 Å². The summed E-state index contributed by atoms with van der Waals surface area (Å²) in [5.41, 5.74) is 0.974. The largest absolute Gasteiger partial charge is 0.346 e. The SMILES string of the molecule is C=C(C[C@H]1O[C@@H]2O[C@]3(C)CC[C@H]4[C@H](C)CC[C@@H]([C@H]1C)[C@@]24OO3)C(=C)C[C@H]1O[C@@H]2O[C@]3(C)CC[C@H]4[C@H](C)CC[C@@H]([C@H]1C)[C@@]24OO3. The molecule has 8 aliphatic heterocycles. The molecule has 10 fully saturated rings. The fourth-order valence-corrected chi connectivity index (χ4v) is 11.2. The molecule has 2 spiro atoms. The summed E-state index contributed by atoms with van der Waals surface area (Å²) < 4.78 is 26.9. The molecule has 10 aliphatic rings. The second-order valence-electron chi connectivity index (χ2n) is 16.5. The summed E-state index contributed by atoms with van der Waals surface area (Å²) in [6.07, 6.45) is 8.81. The molecule has 0 aromatic rings. The van der Waals surface area contributed by atoms with Gasteiger partial charge in [-0.05, 0) is 112 Å². The molecule has 0 N–H and O–H groups in total. The van der Waals surface area contributed by atoms with E-state index in [-0.39, 0.29) is 24.0 Å². The fourth-order valence-electron chi connectivity index (χ4n) is 11.2. The lowest BCUT2D eigenvalue weighted by Gasteiger charge is -2.61. The molecule has 44 heavy (non-hydrogen) atoms. The minimum absolute atomic E-state index is 0.0274. The third kappa shape index (κ3) is 4.24. The van der Waals surface area contributed by atoms with E-state index in [1.807, 2.05) is 13.8 Å². The molecule has 2 saturated carbocycles. The van der Waals surface area contributed by atoms with Crippen LogP contribution < -0.4 is 0 Å². The first-order valence-electron chi connectivity index (χ1n) is 17.7. The van der Waals surface area contributed by atoms with Gasteiger partial charge in [0.2, 0.25) is 11.6 Å². The van der Waals surface area contributed by atoms with Gasteiger partial charge in [0.15, 0.2) is 23.8 Å². The Bertz CT molecular complexity index is 1100. The smallest absolute Gasteiger partial charge is 0.201 e. The van der Waals surface area contributed by atoms with Crippen LogP contribution in [0.3, 0.4) is 0 Å². The first kappa shape index (κ1) is 30.5. The predicted octanol–water partition coefficient (Wildman–Crippen LogP) is 7.38. The molecule has 16 atom stereocenters. The van der Waals surface area contributed by atoms with Crippen molar-refractivity contribution in [3.05, 3.63) is 24.3 Å². The third-order valence-corrected chi connectivity index (χ3v) is 14.0. The lowest BCUT2D eigenvalue weighted by molar-refractivity contribution is -0.571. The second-order valence-corrected chi connectivity index (χ2v) is 16.5. The molecule has 4 bridgehead atoms. The monoisotopic (exact) mass is 614 g/mol. The third-order valence-electron chi connectivity index (χ3n) is 14.0. The summed E-state index contributed by atoms with van der Waals surface area (Å²) >= 11 is 0. The molecule has 0 aromatic heterocycles. The highest BCUT2D eigenvalue weighted by molar-refractivity contribution is 5.28. The second kappa shape index (κ2) is 10.3. The van der Waals surface area contributed by atoms with Gasteiger partial charge in [0.25, 0.3) is 0 Å². The van der Waals surface area contributed by atoms with Crippen molar-refractivity contribution in [2.24, 2.45) is 47.3 Å². The maximum atomic E-state index is 6.87. The van der Waals surface area contributed by atoms with Gasteiger partial charge in [0.1, 0.15) is 0 Å². The van der Waals surface area contributed by atoms with Gasteiger partial charge >= 0.3 is 0 Å². The van der Waals surface area contributed by atoms with Crippen molar-refractivity contribution in [2.45, 2.75) is 153 Å². The zero-order chi connectivity index (χ0) is 30.8. The number of fused-ring (bicyclic) bond motifs is 4. The first-order valence-corrected chi connectivity index (χ1v) is 17.7. The van der Waals surface area contributed by atoms with Crippen molar-refractivity contribution in [3.8, 4) is 0 Å². The van der Waals surface area contributed by atoms with E-state index in [1.165, 1.54) is 12.8 Å². The van der Waals surface area contributed by atoms with Crippen molar-refractivity contribution in [2.75, 3.05) is 0 Å². The topological polar surface area (TPSA) is 73.8 Å². The molecule has 8 nitrogen and oxygen atoms in total. The Labute approximate surface area is 263 Å². The van der Waals surface area contributed by atoms with Gasteiger partial charge in [0, 0.05) is 24.7 Å². The molecule has 10 rings (SSSR count). The summed E-state index contributed by atoms with van der Waals surface area (Å²) in [6, 6.07) is 0. The lowest BCUT2D eigenvalue weighted by atomic mass is 9.57. The Kier molecular flexibility index (Phi) is 7.16. The van der Waals surface area contributed by atoms with E-state index >= 15 is 0 Å². The Morgan fingerprint density at radius 2 is 0.977 bits per heavy atom. The summed E-state index contributed by atoms with van der Waals surface area (Å²) in [6.45, 7) is 22.4. The van der Waals surface area contributed by atoms with Crippen LogP contribution >= 0.6 is 0 Å². The number of rotatable bonds is 5. The van der Waals surface area contributed by atoms with Crippen LogP contribution in [0.5, 0.6) is 0 Å². The minimum atomic E-state index is -0.768. The van der Waals surface area contributed by atoms with Crippen molar-refractivity contribution in [1.29, 1.82) is 0 Å². The zero-order valence-corrected chi connectivity index (χ0v) is 27.7. The van der Waals surface area contributed by atoms with Gasteiger partial charge in [-0.3, -0.25) is 0 Å². The van der Waals surface area contributed by atoms with E-state index in [1.54, 1.807) is 0 Å². The molecule has 2 aliphatic carbocycles. The van der Waals surface area contributed by atoms with Gasteiger partial charge in [-0.2, -0.15) is 0 Å². The van der Waals surface area contributed by atoms with Crippen LogP contribution in [0, 0.1) is 47.3 Å². The average molecular weight is 615 g/mol. The highest BCUT2D eigenvalue weighted by Gasteiger charge is 2.70. The normalized spacial score (nSPS) is 57.5. The molecule has 0 radical (unpaired) electrons. The molecular formula is C36H54O8. The van der Waals surface area contributed by atoms with Crippen LogP contribution in [-0.4, -0.2) is 47.6 Å². The van der Waals surface area contributed by atoms with Crippen molar-refractivity contribution in [1.82, 2.24) is 0 Å². The van der Waals surface area contributed by atoms with Crippen LogP contribution in [0.25, 0.3) is 0 Å². The van der Waals surface area contributed by atoms with E-state index in [0.717, 1.165) is 49.7 Å². The van der Waals surface area contributed by atoms with E-state index < -0.39 is 35.4 Å². The summed E-state index contributed by atoms with van der Waals surface area (Å²) in [4.78, 5) is 24.7. The lowest BCUT2D eigenvalue weighted by Crippen LogP contribution is -2.70. The number of hydrogen-bond donors (Lipinski definition) is 0. The quantitative estimate of drug-likeness (QED) is 0.235. The van der Waals surface area contributed by atoms with Gasteiger partial charge < -0.3 is 18.9 Å². The Hall–Kier alpha value is -0.840. The molecule has 246 valence electrons. The summed E-state index contributed by atoms with van der Waals surface area (Å²) in [7, 11) is 0. The first-order chi connectivity index (χ1) is 20.9. The average Bonchev–Trinajstić information content (AvgIpc) is 3.36. The molecule has 0 unspecified atom stereocenters. The van der Waals surface area contributed by atoms with Gasteiger partial charge in [0.05, 0.1) is 12.2 Å². The molecule has 8 saturated heterocycles. The van der Waals surface area contributed by atoms with Crippen LogP contribution in [-0.2, 0) is 38.5 Å².